The first-order valence-electron chi connectivity index (χ1n) is 7.04. The number of hydrogen-bond acceptors (Lipinski definition) is 3. The average Bonchev–Trinajstić information content (AvgIpc) is 2.54. The number of nitrogens with zero attached hydrogens (tertiary/aromatic N) is 1. The molecule has 0 heterocycles. The minimum Gasteiger partial charge on any atom is -0.317 e. The number of halogens is 2. The maximum Gasteiger partial charge on any atom is 0.329 e. The lowest BCUT2D eigenvalue weighted by Gasteiger charge is -2.09. The summed E-state index contributed by atoms with van der Waals surface area (Å²) in [6.07, 6.45) is 1.29. The number of hydrogen-bond donors (Lipinski definition) is 2. The molecule has 0 aliphatic heterocycles. The van der Waals surface area contributed by atoms with Gasteiger partial charge in [0.05, 0.1) is 16.3 Å². The summed E-state index contributed by atoms with van der Waals surface area (Å²) in [6.45, 7) is 3.78. The molecule has 0 saturated carbocycles. The van der Waals surface area contributed by atoms with Gasteiger partial charge in [0.1, 0.15) is 0 Å². The molecule has 0 aliphatic rings. The second-order valence-corrected chi connectivity index (χ2v) is 5.85. The molecule has 24 heavy (non-hydrogen) atoms. The first-order chi connectivity index (χ1) is 11.4. The lowest BCUT2D eigenvalue weighted by molar-refractivity contribution is -0.136. The van der Waals surface area contributed by atoms with Gasteiger partial charge in [-0.2, -0.15) is 5.10 Å². The van der Waals surface area contributed by atoms with Gasteiger partial charge < -0.3 is 5.32 Å². The van der Waals surface area contributed by atoms with Gasteiger partial charge in [-0.15, -0.1) is 0 Å². The van der Waals surface area contributed by atoms with Crippen LogP contribution in [0.2, 0.25) is 10.0 Å². The highest BCUT2D eigenvalue weighted by Crippen LogP contribution is 2.22. The first-order valence-corrected chi connectivity index (χ1v) is 7.80. The Morgan fingerprint density at radius 3 is 2.29 bits per heavy atom. The van der Waals surface area contributed by atoms with Crippen molar-refractivity contribution in [2.45, 2.75) is 13.8 Å². The number of rotatable bonds is 3. The predicted molar refractivity (Wildman–Crippen MR) is 96.7 cm³/mol. The summed E-state index contributed by atoms with van der Waals surface area (Å²) in [7, 11) is 0. The van der Waals surface area contributed by atoms with Gasteiger partial charge in [0.2, 0.25) is 0 Å². The lowest BCUT2D eigenvalue weighted by Crippen LogP contribution is -2.32. The van der Waals surface area contributed by atoms with E-state index in [1.165, 1.54) is 6.21 Å². The van der Waals surface area contributed by atoms with Crippen molar-refractivity contribution in [3.63, 3.8) is 0 Å². The van der Waals surface area contributed by atoms with Crippen LogP contribution in [0.5, 0.6) is 0 Å². The number of carbonyl (C=O) groups excluding carboxylic acids is 2. The number of carbonyl (C=O) groups is 2. The number of benzene rings is 2. The average molecular weight is 364 g/mol. The van der Waals surface area contributed by atoms with Gasteiger partial charge in [0.15, 0.2) is 0 Å². The summed E-state index contributed by atoms with van der Waals surface area (Å²) in [5.41, 5.74) is 5.08. The van der Waals surface area contributed by atoms with E-state index in [1.807, 2.05) is 19.9 Å². The van der Waals surface area contributed by atoms with E-state index in [4.69, 9.17) is 23.2 Å². The summed E-state index contributed by atoms with van der Waals surface area (Å²) in [5.74, 6) is -1.71. The number of aryl methyl sites for hydroxylation is 1. The first kappa shape index (κ1) is 18.0. The maximum atomic E-state index is 11.9. The second kappa shape index (κ2) is 7.95. The smallest absolute Gasteiger partial charge is 0.317 e. The minimum absolute atomic E-state index is 0.389. The van der Waals surface area contributed by atoms with E-state index in [0.717, 1.165) is 11.1 Å². The highest BCUT2D eigenvalue weighted by atomic mass is 35.5. The third-order valence-corrected chi connectivity index (χ3v) is 4.08. The van der Waals surface area contributed by atoms with E-state index < -0.39 is 11.8 Å². The molecule has 7 heteroatoms. The normalized spacial score (nSPS) is 10.7. The molecular weight excluding hydrogens is 349 g/mol. The minimum atomic E-state index is -0.893. The Kier molecular flexibility index (Phi) is 5.95. The topological polar surface area (TPSA) is 70.6 Å². The molecule has 0 radical (unpaired) electrons. The van der Waals surface area contributed by atoms with Gasteiger partial charge in [0, 0.05) is 11.3 Å². The van der Waals surface area contributed by atoms with Crippen LogP contribution in [0.1, 0.15) is 16.7 Å². The van der Waals surface area contributed by atoms with Crippen LogP contribution in [0.15, 0.2) is 41.5 Å². The van der Waals surface area contributed by atoms with Crippen LogP contribution in [0.3, 0.4) is 0 Å². The fraction of sp³-hybridized carbons (Fsp3) is 0.118. The Morgan fingerprint density at radius 1 is 1.00 bits per heavy atom. The van der Waals surface area contributed by atoms with Crippen molar-refractivity contribution >= 4 is 46.9 Å². The highest BCUT2D eigenvalue weighted by Gasteiger charge is 2.14. The van der Waals surface area contributed by atoms with Crippen molar-refractivity contribution in [2.75, 3.05) is 5.32 Å². The fourth-order valence-electron chi connectivity index (χ4n) is 1.91. The number of amides is 2. The van der Waals surface area contributed by atoms with Crippen LogP contribution in [0.25, 0.3) is 0 Å². The van der Waals surface area contributed by atoms with Gasteiger partial charge in [0.25, 0.3) is 0 Å². The zero-order valence-corrected chi connectivity index (χ0v) is 14.6. The Bertz CT molecular complexity index is 799. The van der Waals surface area contributed by atoms with Crippen molar-refractivity contribution in [1.82, 2.24) is 5.43 Å². The van der Waals surface area contributed by atoms with Gasteiger partial charge >= 0.3 is 11.8 Å². The van der Waals surface area contributed by atoms with Crippen LogP contribution >= 0.6 is 23.2 Å². The molecule has 0 aliphatic carbocycles. The molecule has 2 N–H and O–H groups in total. The molecule has 0 spiro atoms. The molecular formula is C17H15Cl2N3O2. The number of anilines is 1. The van der Waals surface area contributed by atoms with Crippen LogP contribution in [-0.2, 0) is 9.59 Å². The molecule has 124 valence electrons. The van der Waals surface area contributed by atoms with Crippen LogP contribution in [0, 0.1) is 13.8 Å². The quantitative estimate of drug-likeness (QED) is 0.495. The Hall–Kier alpha value is -2.37. The van der Waals surface area contributed by atoms with E-state index in [2.05, 4.69) is 15.8 Å². The standard InChI is InChI=1S/C17H15Cl2N3O2/c1-10-5-3-8-15(11(10)2)21-16(23)17(24)22-20-9-12-13(18)6-4-7-14(12)19/h3-9H,1-2H3,(H,21,23)(H,22,24)/b20-9-. The van der Waals surface area contributed by atoms with Crippen molar-refractivity contribution in [3.05, 3.63) is 63.1 Å². The molecule has 0 bridgehead atoms. The largest absolute Gasteiger partial charge is 0.329 e. The van der Waals surface area contributed by atoms with Crippen molar-refractivity contribution in [1.29, 1.82) is 0 Å². The molecule has 2 amide bonds. The van der Waals surface area contributed by atoms with Crippen molar-refractivity contribution in [3.8, 4) is 0 Å². The highest BCUT2D eigenvalue weighted by molar-refractivity contribution is 6.40. The van der Waals surface area contributed by atoms with Crippen LogP contribution in [0.4, 0.5) is 5.69 Å². The predicted octanol–water partition coefficient (Wildman–Crippen LogP) is 3.70. The monoisotopic (exact) mass is 363 g/mol. The second-order valence-electron chi connectivity index (χ2n) is 5.04. The van der Waals surface area contributed by atoms with E-state index >= 15 is 0 Å². The molecule has 0 fully saturated rings. The third-order valence-electron chi connectivity index (χ3n) is 3.42. The molecule has 0 unspecified atom stereocenters. The van der Waals surface area contributed by atoms with Crippen LogP contribution in [-0.4, -0.2) is 18.0 Å². The summed E-state index contributed by atoms with van der Waals surface area (Å²) >= 11 is 12.0. The summed E-state index contributed by atoms with van der Waals surface area (Å²) in [4.78, 5) is 23.7. The Balaban J connectivity index is 2.01. The molecule has 0 aromatic heterocycles. The van der Waals surface area contributed by atoms with Crippen LogP contribution < -0.4 is 10.7 Å². The van der Waals surface area contributed by atoms with E-state index in [-0.39, 0.29) is 0 Å². The Labute approximate surface area is 149 Å². The molecule has 0 saturated heterocycles. The number of hydrazone groups is 1. The molecule has 2 rings (SSSR count). The Morgan fingerprint density at radius 2 is 1.62 bits per heavy atom. The molecule has 5 nitrogen and oxygen atoms in total. The fourth-order valence-corrected chi connectivity index (χ4v) is 2.40. The molecule has 0 atom stereocenters. The van der Waals surface area contributed by atoms with Gasteiger partial charge in [-0.25, -0.2) is 5.43 Å². The lowest BCUT2D eigenvalue weighted by atomic mass is 10.1. The SMILES string of the molecule is Cc1cccc(NC(=O)C(=O)N/N=C\c2c(Cl)cccc2Cl)c1C. The zero-order chi connectivity index (χ0) is 17.7. The van der Waals surface area contributed by atoms with Gasteiger partial charge in [-0.1, -0.05) is 41.4 Å². The third kappa shape index (κ3) is 4.34. The molecule has 2 aromatic carbocycles. The summed E-state index contributed by atoms with van der Waals surface area (Å²) in [6, 6.07) is 10.4. The zero-order valence-electron chi connectivity index (χ0n) is 13.1. The van der Waals surface area contributed by atoms with E-state index in [1.54, 1.807) is 30.3 Å². The summed E-state index contributed by atoms with van der Waals surface area (Å²) in [5, 5.41) is 7.04. The van der Waals surface area contributed by atoms with Crippen molar-refractivity contribution < 1.29 is 9.59 Å². The number of nitrogens with one attached hydrogen (secondary N) is 2. The van der Waals surface area contributed by atoms with E-state index in [0.29, 0.717) is 21.3 Å². The van der Waals surface area contributed by atoms with Gasteiger partial charge in [-0.3, -0.25) is 9.59 Å². The maximum absolute atomic E-state index is 11.9. The summed E-state index contributed by atoms with van der Waals surface area (Å²) < 4.78 is 0. The molecule has 2 aromatic rings. The van der Waals surface area contributed by atoms with Gasteiger partial charge in [-0.05, 0) is 43.2 Å². The van der Waals surface area contributed by atoms with E-state index in [9.17, 15) is 9.59 Å². The van der Waals surface area contributed by atoms with Crippen molar-refractivity contribution in [2.24, 2.45) is 5.10 Å².